The maximum absolute atomic E-state index is 12.0. The number of nitrogens with one attached hydrogen (secondary N) is 3. The van der Waals surface area contributed by atoms with Gasteiger partial charge >= 0.3 is 0 Å². The molecule has 1 atom stereocenters. The number of benzene rings is 1. The van der Waals surface area contributed by atoms with Crippen LogP contribution in [0.5, 0.6) is 0 Å². The summed E-state index contributed by atoms with van der Waals surface area (Å²) >= 11 is 0. The molecule has 0 aliphatic carbocycles. The van der Waals surface area contributed by atoms with Gasteiger partial charge in [0, 0.05) is 29.6 Å². The topological polar surface area (TPSA) is 56.9 Å². The molecule has 5 heteroatoms. The summed E-state index contributed by atoms with van der Waals surface area (Å²) in [4.78, 5) is 15.3. The van der Waals surface area contributed by atoms with Crippen molar-refractivity contribution in [2.75, 3.05) is 13.1 Å². The van der Waals surface area contributed by atoms with E-state index < -0.39 is 0 Å². The number of carbonyl (C=O) groups excluding carboxylic acids is 1. The van der Waals surface area contributed by atoms with Gasteiger partial charge in [-0.3, -0.25) is 4.79 Å². The summed E-state index contributed by atoms with van der Waals surface area (Å²) in [6.07, 6.45) is 2.83. The normalized spacial score (nSPS) is 17.2. The van der Waals surface area contributed by atoms with E-state index in [0.29, 0.717) is 18.9 Å². The number of fused-ring (bicyclic) bond motifs is 1. The summed E-state index contributed by atoms with van der Waals surface area (Å²) < 4.78 is 0. The van der Waals surface area contributed by atoms with Crippen molar-refractivity contribution in [3.05, 3.63) is 35.0 Å². The van der Waals surface area contributed by atoms with Crippen molar-refractivity contribution < 1.29 is 4.79 Å². The van der Waals surface area contributed by atoms with Crippen molar-refractivity contribution >= 4 is 29.2 Å². The van der Waals surface area contributed by atoms with Crippen molar-refractivity contribution in [1.82, 2.24) is 15.6 Å². The first-order valence-corrected chi connectivity index (χ1v) is 8.18. The molecule has 0 radical (unpaired) electrons. The highest BCUT2D eigenvalue weighted by molar-refractivity contribution is 5.85. The van der Waals surface area contributed by atoms with Gasteiger partial charge in [0.05, 0.1) is 0 Å². The monoisotopic (exact) mass is 335 g/mol. The highest BCUT2D eigenvalue weighted by Gasteiger charge is 2.15. The molecule has 3 rings (SSSR count). The van der Waals surface area contributed by atoms with Gasteiger partial charge in [-0.25, -0.2) is 0 Å². The van der Waals surface area contributed by atoms with Crippen LogP contribution in [0.1, 0.15) is 36.1 Å². The number of aromatic nitrogens is 1. The first kappa shape index (κ1) is 17.8. The minimum atomic E-state index is 0. The SMILES string of the molecule is Cc1[nH]c2ccc(CNC(=O)CCC3CCNC3)cc2c1C.Cl. The molecular formula is C18H26ClN3O. The van der Waals surface area contributed by atoms with Crippen molar-refractivity contribution in [1.29, 1.82) is 0 Å². The lowest BCUT2D eigenvalue weighted by Crippen LogP contribution is -2.23. The summed E-state index contributed by atoms with van der Waals surface area (Å²) in [5.74, 6) is 0.835. The molecule has 1 saturated heterocycles. The van der Waals surface area contributed by atoms with Gasteiger partial charge in [-0.15, -0.1) is 12.4 Å². The van der Waals surface area contributed by atoms with E-state index >= 15 is 0 Å². The van der Waals surface area contributed by atoms with Gasteiger partial charge in [0.15, 0.2) is 0 Å². The van der Waals surface area contributed by atoms with Gasteiger partial charge < -0.3 is 15.6 Å². The summed E-state index contributed by atoms with van der Waals surface area (Å²) in [7, 11) is 0. The average molecular weight is 336 g/mol. The van der Waals surface area contributed by atoms with Crippen LogP contribution < -0.4 is 10.6 Å². The zero-order valence-corrected chi connectivity index (χ0v) is 14.7. The molecule has 126 valence electrons. The molecule has 4 nitrogen and oxygen atoms in total. The molecule has 2 heterocycles. The maximum atomic E-state index is 12.0. The molecule has 1 aromatic heterocycles. The number of carbonyl (C=O) groups is 1. The van der Waals surface area contributed by atoms with E-state index in [2.05, 4.69) is 47.7 Å². The van der Waals surface area contributed by atoms with Crippen molar-refractivity contribution in [3.63, 3.8) is 0 Å². The minimum absolute atomic E-state index is 0. The lowest BCUT2D eigenvalue weighted by molar-refractivity contribution is -0.121. The third-order valence-corrected chi connectivity index (χ3v) is 4.80. The molecule has 2 aromatic rings. The van der Waals surface area contributed by atoms with E-state index in [0.717, 1.165) is 25.1 Å². The van der Waals surface area contributed by atoms with Crippen LogP contribution in [0.3, 0.4) is 0 Å². The fourth-order valence-corrected chi connectivity index (χ4v) is 3.20. The number of halogens is 1. The Hall–Kier alpha value is -1.52. The van der Waals surface area contributed by atoms with E-state index in [1.54, 1.807) is 0 Å². The van der Waals surface area contributed by atoms with E-state index in [1.807, 2.05) is 0 Å². The summed E-state index contributed by atoms with van der Waals surface area (Å²) in [6.45, 7) is 7.00. The van der Waals surface area contributed by atoms with Crippen LogP contribution in [-0.4, -0.2) is 24.0 Å². The molecule has 0 bridgehead atoms. The number of rotatable bonds is 5. The largest absolute Gasteiger partial charge is 0.358 e. The van der Waals surface area contributed by atoms with Crippen molar-refractivity contribution in [2.45, 2.75) is 39.7 Å². The number of amides is 1. The fraction of sp³-hybridized carbons (Fsp3) is 0.500. The Morgan fingerprint density at radius 3 is 2.91 bits per heavy atom. The lowest BCUT2D eigenvalue weighted by atomic mass is 10.0. The Morgan fingerprint density at radius 2 is 2.17 bits per heavy atom. The van der Waals surface area contributed by atoms with Gasteiger partial charge in [-0.05, 0) is 69.0 Å². The Bertz CT molecular complexity index is 674. The van der Waals surface area contributed by atoms with Crippen LogP contribution in [0.25, 0.3) is 10.9 Å². The van der Waals surface area contributed by atoms with Gasteiger partial charge in [-0.2, -0.15) is 0 Å². The standard InChI is InChI=1S/C18H25N3O.ClH/c1-12-13(2)21-17-5-3-15(9-16(12)17)11-20-18(22)6-4-14-7-8-19-10-14;/h3,5,9,14,19,21H,4,6-8,10-11H2,1-2H3,(H,20,22);1H. The van der Waals surface area contributed by atoms with Gasteiger partial charge in [-0.1, -0.05) is 6.07 Å². The molecule has 0 saturated carbocycles. The van der Waals surface area contributed by atoms with Crippen LogP contribution in [0.4, 0.5) is 0 Å². The van der Waals surface area contributed by atoms with Crippen LogP contribution in [0.15, 0.2) is 18.2 Å². The molecule has 1 amide bonds. The summed E-state index contributed by atoms with van der Waals surface area (Å²) in [5.41, 5.74) is 4.82. The van der Waals surface area contributed by atoms with Crippen LogP contribution in [0.2, 0.25) is 0 Å². The molecule has 23 heavy (non-hydrogen) atoms. The second-order valence-electron chi connectivity index (χ2n) is 6.43. The molecule has 1 fully saturated rings. The molecular weight excluding hydrogens is 310 g/mol. The van der Waals surface area contributed by atoms with E-state index in [-0.39, 0.29) is 18.3 Å². The molecule has 1 aliphatic rings. The van der Waals surface area contributed by atoms with Gasteiger partial charge in [0.1, 0.15) is 0 Å². The molecule has 3 N–H and O–H groups in total. The molecule has 1 aliphatic heterocycles. The number of hydrogen-bond donors (Lipinski definition) is 3. The smallest absolute Gasteiger partial charge is 0.220 e. The predicted molar refractivity (Wildman–Crippen MR) is 97.1 cm³/mol. The third kappa shape index (κ3) is 4.27. The third-order valence-electron chi connectivity index (χ3n) is 4.80. The fourth-order valence-electron chi connectivity index (χ4n) is 3.20. The van der Waals surface area contributed by atoms with E-state index in [1.165, 1.54) is 28.6 Å². The Labute approximate surface area is 143 Å². The second kappa shape index (κ2) is 7.84. The van der Waals surface area contributed by atoms with Crippen LogP contribution >= 0.6 is 12.4 Å². The molecule has 1 unspecified atom stereocenters. The number of aromatic amines is 1. The first-order chi connectivity index (χ1) is 10.6. The number of hydrogen-bond acceptors (Lipinski definition) is 2. The van der Waals surface area contributed by atoms with Gasteiger partial charge in [0.25, 0.3) is 0 Å². The van der Waals surface area contributed by atoms with Gasteiger partial charge in [0.2, 0.25) is 5.91 Å². The quantitative estimate of drug-likeness (QED) is 0.785. The van der Waals surface area contributed by atoms with E-state index in [9.17, 15) is 4.79 Å². The maximum Gasteiger partial charge on any atom is 0.220 e. The Morgan fingerprint density at radius 1 is 1.35 bits per heavy atom. The predicted octanol–water partition coefficient (Wildman–Crippen LogP) is 3.21. The van der Waals surface area contributed by atoms with Crippen LogP contribution in [-0.2, 0) is 11.3 Å². The average Bonchev–Trinajstić information content (AvgIpc) is 3.13. The number of H-pyrrole nitrogens is 1. The van der Waals surface area contributed by atoms with E-state index in [4.69, 9.17) is 0 Å². The Kier molecular flexibility index (Phi) is 6.08. The zero-order valence-electron chi connectivity index (χ0n) is 13.9. The lowest BCUT2D eigenvalue weighted by Gasteiger charge is -2.09. The second-order valence-corrected chi connectivity index (χ2v) is 6.43. The number of aryl methyl sites for hydroxylation is 2. The van der Waals surface area contributed by atoms with Crippen molar-refractivity contribution in [3.8, 4) is 0 Å². The molecule has 1 aromatic carbocycles. The Balaban J connectivity index is 0.00000192. The van der Waals surface area contributed by atoms with Crippen molar-refractivity contribution in [2.24, 2.45) is 5.92 Å². The first-order valence-electron chi connectivity index (χ1n) is 8.18. The molecule has 0 spiro atoms. The van der Waals surface area contributed by atoms with Crippen LogP contribution in [0, 0.1) is 19.8 Å². The summed E-state index contributed by atoms with van der Waals surface area (Å²) in [6, 6.07) is 6.36. The zero-order chi connectivity index (χ0) is 15.5. The highest BCUT2D eigenvalue weighted by Crippen LogP contribution is 2.22. The summed E-state index contributed by atoms with van der Waals surface area (Å²) in [5, 5.41) is 7.64. The highest BCUT2D eigenvalue weighted by atomic mass is 35.5. The minimum Gasteiger partial charge on any atom is -0.358 e.